The van der Waals surface area contributed by atoms with Crippen LogP contribution in [0.3, 0.4) is 0 Å². The van der Waals surface area contributed by atoms with Crippen molar-refractivity contribution in [3.05, 3.63) is 77.8 Å². The summed E-state index contributed by atoms with van der Waals surface area (Å²) in [6.45, 7) is 2.91. The van der Waals surface area contributed by atoms with E-state index in [0.717, 1.165) is 37.3 Å². The van der Waals surface area contributed by atoms with Gasteiger partial charge in [-0.15, -0.1) is 0 Å². The Hall–Kier alpha value is -3.67. The number of nitrogens with one attached hydrogen (secondary N) is 1. The molecule has 3 aromatic rings. The smallest absolute Gasteiger partial charge is 0.475 e. The third-order valence-electron chi connectivity index (χ3n) is 5.02. The lowest BCUT2D eigenvalue weighted by Gasteiger charge is -2.34. The van der Waals surface area contributed by atoms with Gasteiger partial charge < -0.3 is 14.8 Å². The highest BCUT2D eigenvalue weighted by Gasteiger charge is 2.38. The van der Waals surface area contributed by atoms with Crippen LogP contribution in [0.5, 0.6) is 0 Å². The highest BCUT2D eigenvalue weighted by atomic mass is 19.4. The monoisotopic (exact) mass is 482 g/mol. The van der Waals surface area contributed by atoms with E-state index in [1.807, 2.05) is 29.1 Å². The lowest BCUT2D eigenvalue weighted by molar-refractivity contribution is -0.192. The molecular weight excluding hydrogens is 460 g/mol. The third kappa shape index (κ3) is 6.91. The molecule has 1 atom stereocenters. The first kappa shape index (κ1) is 25.0. The van der Waals surface area contributed by atoms with E-state index in [0.29, 0.717) is 12.3 Å². The molecule has 34 heavy (non-hydrogen) atoms. The van der Waals surface area contributed by atoms with Crippen LogP contribution in [0.4, 0.5) is 17.6 Å². The second kappa shape index (κ2) is 11.0. The molecule has 182 valence electrons. The molecule has 1 aliphatic heterocycles. The van der Waals surface area contributed by atoms with Crippen molar-refractivity contribution in [1.82, 2.24) is 20.0 Å². The fourth-order valence-corrected chi connectivity index (χ4v) is 3.49. The number of nitrogens with zero attached hydrogens (tertiary/aromatic N) is 3. The molecule has 1 aliphatic rings. The molecule has 12 heteroatoms. The summed E-state index contributed by atoms with van der Waals surface area (Å²) in [6.07, 6.45) is -1.02. The zero-order chi connectivity index (χ0) is 24.7. The Labute approximate surface area is 191 Å². The molecular formula is C22H22F4N4O4. The second-order valence-corrected chi connectivity index (χ2v) is 7.54. The van der Waals surface area contributed by atoms with Crippen molar-refractivity contribution in [2.75, 3.05) is 13.1 Å². The number of furan rings is 1. The maximum absolute atomic E-state index is 13.1. The van der Waals surface area contributed by atoms with Gasteiger partial charge in [-0.1, -0.05) is 12.1 Å². The molecule has 0 bridgehead atoms. The summed E-state index contributed by atoms with van der Waals surface area (Å²) in [6, 6.07) is 12.1. The minimum absolute atomic E-state index is 0.168. The average molecular weight is 482 g/mol. The van der Waals surface area contributed by atoms with Crippen molar-refractivity contribution >= 4 is 11.9 Å². The van der Waals surface area contributed by atoms with Crippen molar-refractivity contribution in [2.24, 2.45) is 0 Å². The molecule has 1 amide bonds. The summed E-state index contributed by atoms with van der Waals surface area (Å²) >= 11 is 0. The third-order valence-corrected chi connectivity index (χ3v) is 5.02. The van der Waals surface area contributed by atoms with Gasteiger partial charge in [0.2, 0.25) is 0 Å². The van der Waals surface area contributed by atoms with Crippen LogP contribution in [0, 0.1) is 5.82 Å². The second-order valence-electron chi connectivity index (χ2n) is 7.54. The first-order chi connectivity index (χ1) is 16.1. The quantitative estimate of drug-likeness (QED) is 0.521. The van der Waals surface area contributed by atoms with Crippen LogP contribution in [0.15, 0.2) is 59.3 Å². The Morgan fingerprint density at radius 1 is 1.18 bits per heavy atom. The Bertz CT molecular complexity index is 1080. The lowest BCUT2D eigenvalue weighted by atomic mass is 10.1. The number of aromatic nitrogens is 2. The van der Waals surface area contributed by atoms with E-state index >= 15 is 0 Å². The zero-order valence-electron chi connectivity index (χ0n) is 17.8. The molecule has 1 aromatic carbocycles. The highest BCUT2D eigenvalue weighted by Crippen LogP contribution is 2.24. The standard InChI is InChI=1S/C20H21FN4O2.C2HF3O2/c21-16-5-3-15(4-6-16)12-24-13-17(25-18(14-24)8-10-23-25)7-9-22-20(26)19-2-1-11-27-19;3-2(4,5)1(6)7/h1-6,8,10-11,17H,7,9,12-14H2,(H,22,26);(H,6,7). The maximum atomic E-state index is 13.1. The molecule has 8 nitrogen and oxygen atoms in total. The van der Waals surface area contributed by atoms with E-state index < -0.39 is 12.1 Å². The molecule has 4 rings (SSSR count). The van der Waals surface area contributed by atoms with Gasteiger partial charge in [0, 0.05) is 32.4 Å². The summed E-state index contributed by atoms with van der Waals surface area (Å²) < 4.78 is 52.0. The largest absolute Gasteiger partial charge is 0.490 e. The van der Waals surface area contributed by atoms with E-state index in [4.69, 9.17) is 14.3 Å². The van der Waals surface area contributed by atoms with Gasteiger partial charge in [0.25, 0.3) is 5.91 Å². The SMILES string of the molecule is O=C(NCCC1CN(Cc2ccc(F)cc2)Cc2ccnn21)c1ccco1.O=C(O)C(F)(F)F. The van der Waals surface area contributed by atoms with Gasteiger partial charge in [-0.2, -0.15) is 18.3 Å². The van der Waals surface area contributed by atoms with E-state index in [2.05, 4.69) is 15.3 Å². The first-order valence-corrected chi connectivity index (χ1v) is 10.2. The van der Waals surface area contributed by atoms with Gasteiger partial charge in [0.05, 0.1) is 18.0 Å². The number of amides is 1. The van der Waals surface area contributed by atoms with Crippen LogP contribution in [0.25, 0.3) is 0 Å². The minimum Gasteiger partial charge on any atom is -0.475 e. The summed E-state index contributed by atoms with van der Waals surface area (Å²) in [7, 11) is 0. The van der Waals surface area contributed by atoms with Gasteiger partial charge in [0.15, 0.2) is 5.76 Å². The maximum Gasteiger partial charge on any atom is 0.490 e. The van der Waals surface area contributed by atoms with Crippen LogP contribution in [0.2, 0.25) is 0 Å². The Morgan fingerprint density at radius 3 is 2.50 bits per heavy atom. The molecule has 2 N–H and O–H groups in total. The van der Waals surface area contributed by atoms with Gasteiger partial charge in [-0.05, 0) is 42.3 Å². The van der Waals surface area contributed by atoms with Crippen LogP contribution in [-0.4, -0.2) is 50.9 Å². The molecule has 0 aliphatic carbocycles. The molecule has 0 fully saturated rings. The molecule has 0 radical (unpaired) electrons. The predicted octanol–water partition coefficient (Wildman–Crippen LogP) is 3.63. The fourth-order valence-electron chi connectivity index (χ4n) is 3.49. The number of benzene rings is 1. The number of carboxylic acid groups (broad SMARTS) is 1. The van der Waals surface area contributed by atoms with E-state index in [-0.39, 0.29) is 17.8 Å². The first-order valence-electron chi connectivity index (χ1n) is 10.2. The molecule has 3 heterocycles. The number of alkyl halides is 3. The van der Waals surface area contributed by atoms with Gasteiger partial charge >= 0.3 is 12.1 Å². The van der Waals surface area contributed by atoms with Crippen molar-refractivity contribution in [3.8, 4) is 0 Å². The van der Waals surface area contributed by atoms with E-state index in [9.17, 15) is 22.4 Å². The van der Waals surface area contributed by atoms with Gasteiger partial charge in [0.1, 0.15) is 5.82 Å². The summed E-state index contributed by atoms with van der Waals surface area (Å²) in [5.41, 5.74) is 2.22. The number of rotatable bonds is 6. The molecule has 0 saturated heterocycles. The lowest BCUT2D eigenvalue weighted by Crippen LogP contribution is -2.38. The Balaban J connectivity index is 0.000000406. The predicted molar refractivity (Wildman–Crippen MR) is 111 cm³/mol. The molecule has 0 spiro atoms. The molecule has 1 unspecified atom stereocenters. The Morgan fingerprint density at radius 2 is 1.88 bits per heavy atom. The number of carbonyl (C=O) groups excluding carboxylic acids is 1. The van der Waals surface area contributed by atoms with Crippen LogP contribution < -0.4 is 5.32 Å². The van der Waals surface area contributed by atoms with E-state index in [1.165, 1.54) is 18.4 Å². The number of halogens is 4. The highest BCUT2D eigenvalue weighted by molar-refractivity contribution is 5.91. The molecule has 2 aromatic heterocycles. The summed E-state index contributed by atoms with van der Waals surface area (Å²) in [5.74, 6) is -2.87. The van der Waals surface area contributed by atoms with Crippen molar-refractivity contribution < 1.29 is 36.7 Å². The number of aliphatic carboxylic acids is 1. The number of fused-ring (bicyclic) bond motifs is 1. The average Bonchev–Trinajstić information content (AvgIpc) is 3.47. The number of carboxylic acids is 1. The van der Waals surface area contributed by atoms with Crippen molar-refractivity contribution in [3.63, 3.8) is 0 Å². The van der Waals surface area contributed by atoms with Crippen molar-refractivity contribution in [1.29, 1.82) is 0 Å². The van der Waals surface area contributed by atoms with Gasteiger partial charge in [-0.25, -0.2) is 9.18 Å². The minimum atomic E-state index is -5.08. The van der Waals surface area contributed by atoms with Crippen LogP contribution in [-0.2, 0) is 17.9 Å². The van der Waals surface area contributed by atoms with Gasteiger partial charge in [-0.3, -0.25) is 14.4 Å². The molecule has 0 saturated carbocycles. The zero-order valence-corrected chi connectivity index (χ0v) is 17.8. The number of hydrogen-bond donors (Lipinski definition) is 2. The normalized spacial score (nSPS) is 15.7. The number of hydrogen-bond acceptors (Lipinski definition) is 5. The fraction of sp³-hybridized carbons (Fsp3) is 0.318. The summed E-state index contributed by atoms with van der Waals surface area (Å²) in [4.78, 5) is 23.2. The van der Waals surface area contributed by atoms with E-state index in [1.54, 1.807) is 12.1 Å². The summed E-state index contributed by atoms with van der Waals surface area (Å²) in [5, 5.41) is 14.5. The van der Waals surface area contributed by atoms with Crippen molar-refractivity contribution in [2.45, 2.75) is 31.7 Å². The topological polar surface area (TPSA) is 101 Å². The Kier molecular flexibility index (Phi) is 8.05. The van der Waals surface area contributed by atoms with Crippen LogP contribution in [0.1, 0.15) is 34.3 Å². The number of carbonyl (C=O) groups is 2. The van der Waals surface area contributed by atoms with Crippen LogP contribution >= 0.6 is 0 Å².